The fraction of sp³-hybridized carbons (Fsp3) is 0.286. The van der Waals surface area contributed by atoms with Crippen molar-refractivity contribution in [3.05, 3.63) is 41.4 Å². The number of aryl methyl sites for hydroxylation is 1. The van der Waals surface area contributed by atoms with E-state index in [4.69, 9.17) is 4.52 Å². The van der Waals surface area contributed by atoms with Crippen molar-refractivity contribution in [2.24, 2.45) is 0 Å². The summed E-state index contributed by atoms with van der Waals surface area (Å²) in [5.41, 5.74) is 0.657. The molecule has 7 heteroatoms. The number of nitrogens with one attached hydrogen (secondary N) is 2. The van der Waals surface area contributed by atoms with Gasteiger partial charge in [0.2, 0.25) is 0 Å². The van der Waals surface area contributed by atoms with Crippen molar-refractivity contribution < 1.29 is 14.1 Å². The van der Waals surface area contributed by atoms with Gasteiger partial charge in [0, 0.05) is 24.5 Å². The summed E-state index contributed by atoms with van der Waals surface area (Å²) in [6.45, 7) is 1.73. The predicted molar refractivity (Wildman–Crippen MR) is 73.9 cm³/mol. The van der Waals surface area contributed by atoms with Gasteiger partial charge in [-0.25, -0.2) is 0 Å². The molecular formula is C14H14N4O3. The summed E-state index contributed by atoms with van der Waals surface area (Å²) in [5, 5.41) is 9.11. The number of nitrogens with zero attached hydrogens (tertiary/aromatic N) is 2. The molecule has 3 rings (SSSR count). The lowest BCUT2D eigenvalue weighted by atomic mass is 10.2. The normalized spacial score (nSPS) is 13.8. The number of amides is 2. The van der Waals surface area contributed by atoms with Crippen molar-refractivity contribution >= 4 is 17.6 Å². The van der Waals surface area contributed by atoms with Gasteiger partial charge in [0.1, 0.15) is 5.76 Å². The minimum Gasteiger partial charge on any atom is -0.360 e. The fourth-order valence-electron chi connectivity index (χ4n) is 1.80. The molecule has 2 heterocycles. The largest absolute Gasteiger partial charge is 0.360 e. The van der Waals surface area contributed by atoms with Crippen molar-refractivity contribution in [1.29, 1.82) is 0 Å². The molecule has 2 aromatic rings. The predicted octanol–water partition coefficient (Wildman–Crippen LogP) is 1.52. The summed E-state index contributed by atoms with van der Waals surface area (Å²) in [6, 6.07) is 3.37. The third-order valence-corrected chi connectivity index (χ3v) is 3.04. The summed E-state index contributed by atoms with van der Waals surface area (Å²) in [7, 11) is 0. The monoisotopic (exact) mass is 286 g/mol. The molecule has 21 heavy (non-hydrogen) atoms. The molecule has 0 spiro atoms. The quantitative estimate of drug-likeness (QED) is 0.888. The van der Waals surface area contributed by atoms with Crippen LogP contribution in [0.2, 0.25) is 0 Å². The molecule has 2 aromatic heterocycles. The molecule has 7 nitrogen and oxygen atoms in total. The molecule has 0 unspecified atom stereocenters. The van der Waals surface area contributed by atoms with Crippen molar-refractivity contribution in [2.45, 2.75) is 25.8 Å². The van der Waals surface area contributed by atoms with E-state index >= 15 is 0 Å². The van der Waals surface area contributed by atoms with E-state index < -0.39 is 5.91 Å². The van der Waals surface area contributed by atoms with Crippen molar-refractivity contribution in [3.8, 4) is 0 Å². The summed E-state index contributed by atoms with van der Waals surface area (Å²) in [5.74, 6) is 0.320. The molecule has 0 atom stereocenters. The highest BCUT2D eigenvalue weighted by Crippen LogP contribution is 2.19. The van der Waals surface area contributed by atoms with Gasteiger partial charge in [-0.3, -0.25) is 14.6 Å². The van der Waals surface area contributed by atoms with Gasteiger partial charge in [-0.2, -0.15) is 0 Å². The lowest BCUT2D eigenvalue weighted by Gasteiger charge is -2.05. The number of aromatic nitrogens is 2. The number of anilines is 1. The molecule has 0 saturated heterocycles. The van der Waals surface area contributed by atoms with Crippen LogP contribution in [-0.4, -0.2) is 28.0 Å². The van der Waals surface area contributed by atoms with E-state index in [-0.39, 0.29) is 11.9 Å². The van der Waals surface area contributed by atoms with Crippen LogP contribution in [0.4, 0.5) is 5.82 Å². The molecule has 0 aromatic carbocycles. The van der Waals surface area contributed by atoms with Crippen molar-refractivity contribution in [3.63, 3.8) is 0 Å². The van der Waals surface area contributed by atoms with E-state index in [2.05, 4.69) is 20.8 Å². The Kier molecular flexibility index (Phi) is 3.39. The maximum Gasteiger partial charge on any atom is 0.258 e. The van der Waals surface area contributed by atoms with Crippen LogP contribution < -0.4 is 10.6 Å². The molecule has 1 fully saturated rings. The Balaban J connectivity index is 1.72. The highest BCUT2D eigenvalue weighted by Gasteiger charge is 2.24. The highest BCUT2D eigenvalue weighted by molar-refractivity contribution is 6.05. The van der Waals surface area contributed by atoms with E-state index in [0.717, 1.165) is 12.8 Å². The summed E-state index contributed by atoms with van der Waals surface area (Å²) >= 11 is 0. The zero-order valence-corrected chi connectivity index (χ0v) is 11.4. The Morgan fingerprint density at radius 1 is 1.19 bits per heavy atom. The summed E-state index contributed by atoms with van der Waals surface area (Å²) in [4.78, 5) is 27.9. The van der Waals surface area contributed by atoms with Crippen LogP contribution in [0.25, 0.3) is 0 Å². The molecule has 1 aliphatic carbocycles. The molecule has 2 amide bonds. The molecular weight excluding hydrogens is 272 g/mol. The van der Waals surface area contributed by atoms with Gasteiger partial charge in [0.25, 0.3) is 11.8 Å². The maximum absolute atomic E-state index is 12.1. The van der Waals surface area contributed by atoms with Crippen molar-refractivity contribution in [2.75, 3.05) is 5.32 Å². The third-order valence-electron chi connectivity index (χ3n) is 3.04. The van der Waals surface area contributed by atoms with E-state index in [1.807, 2.05) is 0 Å². The van der Waals surface area contributed by atoms with Crippen LogP contribution >= 0.6 is 0 Å². The molecule has 2 N–H and O–H groups in total. The highest BCUT2D eigenvalue weighted by atomic mass is 16.5. The maximum atomic E-state index is 12.1. The van der Waals surface area contributed by atoms with Crippen LogP contribution in [-0.2, 0) is 0 Å². The van der Waals surface area contributed by atoms with E-state index in [1.54, 1.807) is 13.0 Å². The van der Waals surface area contributed by atoms with Crippen molar-refractivity contribution in [1.82, 2.24) is 15.5 Å². The van der Waals surface area contributed by atoms with Gasteiger partial charge < -0.3 is 15.2 Å². The second-order valence-electron chi connectivity index (χ2n) is 4.99. The Bertz CT molecular complexity index is 691. The first-order valence-electron chi connectivity index (χ1n) is 6.62. The first kappa shape index (κ1) is 13.3. The standard InChI is InChI=1S/C14H14N4O3/c1-8-4-12(18-21-8)17-14(20)10-5-9(6-15-7-10)13(19)16-11-2-3-11/h4-7,11H,2-3H2,1H3,(H,16,19)(H,17,18,20). The van der Waals surface area contributed by atoms with Gasteiger partial charge in [-0.1, -0.05) is 5.16 Å². The first-order chi connectivity index (χ1) is 10.1. The van der Waals surface area contributed by atoms with Crippen LogP contribution in [0.5, 0.6) is 0 Å². The summed E-state index contributed by atoms with van der Waals surface area (Å²) < 4.78 is 4.87. The number of rotatable bonds is 4. The van der Waals surface area contributed by atoms with Crippen LogP contribution in [0.1, 0.15) is 39.3 Å². The number of carbonyl (C=O) groups excluding carboxylic acids is 2. The lowest BCUT2D eigenvalue weighted by Crippen LogP contribution is -2.26. The average Bonchev–Trinajstić information content (AvgIpc) is 3.20. The Morgan fingerprint density at radius 3 is 2.52 bits per heavy atom. The van der Waals surface area contributed by atoms with Crippen LogP contribution in [0.15, 0.2) is 29.0 Å². The second kappa shape index (κ2) is 5.35. The number of carbonyl (C=O) groups is 2. The number of hydrogen-bond donors (Lipinski definition) is 2. The topological polar surface area (TPSA) is 97.1 Å². The average molecular weight is 286 g/mol. The molecule has 1 saturated carbocycles. The molecule has 1 aliphatic rings. The van der Waals surface area contributed by atoms with Gasteiger partial charge in [0.05, 0.1) is 11.1 Å². The SMILES string of the molecule is Cc1cc(NC(=O)c2cncc(C(=O)NC3CC3)c2)no1. The summed E-state index contributed by atoms with van der Waals surface area (Å²) in [6.07, 6.45) is 4.85. The second-order valence-corrected chi connectivity index (χ2v) is 4.99. The Labute approximate surface area is 120 Å². The number of pyridine rings is 1. The Morgan fingerprint density at radius 2 is 1.90 bits per heavy atom. The zero-order valence-electron chi connectivity index (χ0n) is 11.4. The molecule has 0 aliphatic heterocycles. The third kappa shape index (κ3) is 3.25. The first-order valence-corrected chi connectivity index (χ1v) is 6.62. The van der Waals surface area contributed by atoms with E-state index in [0.29, 0.717) is 22.7 Å². The molecule has 0 bridgehead atoms. The Hall–Kier alpha value is -2.70. The van der Waals surface area contributed by atoms with E-state index in [9.17, 15) is 9.59 Å². The minimum absolute atomic E-state index is 0.211. The minimum atomic E-state index is -0.392. The van der Waals surface area contributed by atoms with Crippen LogP contribution in [0, 0.1) is 6.92 Å². The van der Waals surface area contributed by atoms with E-state index in [1.165, 1.54) is 18.5 Å². The fourth-order valence-corrected chi connectivity index (χ4v) is 1.80. The van der Waals surface area contributed by atoms with Gasteiger partial charge in [0.15, 0.2) is 5.82 Å². The van der Waals surface area contributed by atoms with Gasteiger partial charge in [-0.15, -0.1) is 0 Å². The van der Waals surface area contributed by atoms with Crippen LogP contribution in [0.3, 0.4) is 0 Å². The van der Waals surface area contributed by atoms with Gasteiger partial charge >= 0.3 is 0 Å². The zero-order chi connectivity index (χ0) is 14.8. The lowest BCUT2D eigenvalue weighted by molar-refractivity contribution is 0.0950. The molecule has 108 valence electrons. The smallest absolute Gasteiger partial charge is 0.258 e. The molecule has 0 radical (unpaired) electrons. The number of hydrogen-bond acceptors (Lipinski definition) is 5. The van der Waals surface area contributed by atoms with Gasteiger partial charge in [-0.05, 0) is 25.8 Å².